The van der Waals surface area contributed by atoms with Gasteiger partial charge in [0.15, 0.2) is 8.24 Å². The lowest BCUT2D eigenvalue weighted by molar-refractivity contribution is 0.402. The quantitative estimate of drug-likeness (QED) is 0.275. The number of hydrogen-bond donors (Lipinski definition) is 0. The second-order valence-corrected chi connectivity index (χ2v) is 20.8. The van der Waals surface area contributed by atoms with Crippen molar-refractivity contribution in [3.8, 4) is 0 Å². The largest absolute Gasteiger partial charge is 0.544 e. The van der Waals surface area contributed by atoms with E-state index in [-0.39, 0.29) is 10.1 Å². The minimum absolute atomic E-state index is 0.169. The standard InChI is InChI=1S/C24H39NOSi2/c1-19(26-28(10,11)24(5,6)7)16-17-20-18-25(27(8,9)23(2,3)4)22-15-13-12-14-21(20)22/h12-18H,1H2,2-11H3/b17-16+. The molecule has 0 spiro atoms. The molecule has 2 nitrogen and oxygen atoms in total. The van der Waals surface area contributed by atoms with Crippen molar-refractivity contribution in [1.29, 1.82) is 0 Å². The van der Waals surface area contributed by atoms with Crippen LogP contribution in [-0.4, -0.2) is 20.8 Å². The van der Waals surface area contributed by atoms with Crippen molar-refractivity contribution in [2.24, 2.45) is 0 Å². The van der Waals surface area contributed by atoms with Crippen molar-refractivity contribution in [3.63, 3.8) is 0 Å². The van der Waals surface area contributed by atoms with Crippen molar-refractivity contribution in [3.05, 3.63) is 54.4 Å². The number of hydrogen-bond acceptors (Lipinski definition) is 1. The Bertz CT molecular complexity index is 889. The van der Waals surface area contributed by atoms with E-state index in [9.17, 15) is 0 Å². The highest BCUT2D eigenvalue weighted by Gasteiger charge is 2.39. The fraction of sp³-hybridized carbons (Fsp3) is 0.500. The molecule has 0 N–H and O–H groups in total. The molecule has 1 aromatic carbocycles. The van der Waals surface area contributed by atoms with Gasteiger partial charge in [0.2, 0.25) is 8.32 Å². The van der Waals surface area contributed by atoms with E-state index in [1.165, 1.54) is 16.5 Å². The van der Waals surface area contributed by atoms with Gasteiger partial charge in [-0.2, -0.15) is 0 Å². The van der Waals surface area contributed by atoms with Crippen LogP contribution in [0.1, 0.15) is 47.1 Å². The molecule has 0 bridgehead atoms. The molecule has 28 heavy (non-hydrogen) atoms. The van der Waals surface area contributed by atoms with Crippen LogP contribution in [0.3, 0.4) is 0 Å². The predicted octanol–water partition coefficient (Wildman–Crippen LogP) is 8.04. The number of aromatic nitrogens is 1. The minimum atomic E-state index is -1.86. The number of para-hydroxylation sites is 1. The summed E-state index contributed by atoms with van der Waals surface area (Å²) in [5.41, 5.74) is 2.56. The van der Waals surface area contributed by atoms with Gasteiger partial charge >= 0.3 is 0 Å². The van der Waals surface area contributed by atoms with E-state index in [0.29, 0.717) is 0 Å². The molecule has 0 radical (unpaired) electrons. The molecule has 0 aliphatic carbocycles. The molecule has 4 heteroatoms. The lowest BCUT2D eigenvalue weighted by Gasteiger charge is -2.38. The number of nitrogens with zero attached hydrogens (tertiary/aromatic N) is 1. The van der Waals surface area contributed by atoms with Crippen LogP contribution in [0.25, 0.3) is 17.0 Å². The molecule has 0 fully saturated rings. The average molecular weight is 414 g/mol. The molecule has 154 valence electrons. The topological polar surface area (TPSA) is 14.2 Å². The number of benzene rings is 1. The highest BCUT2D eigenvalue weighted by atomic mass is 28.4. The Morgan fingerprint density at radius 3 is 2.07 bits per heavy atom. The molecule has 2 rings (SSSR count). The van der Waals surface area contributed by atoms with Crippen LogP contribution in [0, 0.1) is 0 Å². The normalized spacial score (nSPS) is 14.1. The van der Waals surface area contributed by atoms with E-state index in [4.69, 9.17) is 4.43 Å². The lowest BCUT2D eigenvalue weighted by atomic mass is 10.1. The van der Waals surface area contributed by atoms with Crippen LogP contribution in [0.2, 0.25) is 36.3 Å². The zero-order chi connectivity index (χ0) is 21.5. The van der Waals surface area contributed by atoms with E-state index in [1.54, 1.807) is 0 Å². The molecule has 1 heterocycles. The molecular formula is C24H39NOSi2. The smallest absolute Gasteiger partial charge is 0.250 e. The first-order chi connectivity index (χ1) is 12.6. The number of rotatable bonds is 5. The van der Waals surface area contributed by atoms with Crippen molar-refractivity contribution in [1.82, 2.24) is 4.23 Å². The van der Waals surface area contributed by atoms with E-state index >= 15 is 0 Å². The minimum Gasteiger partial charge on any atom is -0.544 e. The van der Waals surface area contributed by atoms with Crippen molar-refractivity contribution in [2.75, 3.05) is 0 Å². The Labute approximate surface area is 174 Å². The zero-order valence-electron chi connectivity index (χ0n) is 19.6. The Hall–Kier alpha value is -1.53. The third-order valence-electron chi connectivity index (χ3n) is 6.82. The summed E-state index contributed by atoms with van der Waals surface area (Å²) in [7, 11) is -3.57. The molecule has 0 atom stereocenters. The van der Waals surface area contributed by atoms with Crippen LogP contribution >= 0.6 is 0 Å². The van der Waals surface area contributed by atoms with Gasteiger partial charge < -0.3 is 8.66 Å². The van der Waals surface area contributed by atoms with Gasteiger partial charge in [-0.1, -0.05) is 79.4 Å². The maximum absolute atomic E-state index is 6.32. The van der Waals surface area contributed by atoms with Crippen molar-refractivity contribution >= 4 is 33.5 Å². The molecular weight excluding hydrogens is 374 g/mol. The third kappa shape index (κ3) is 4.38. The average Bonchev–Trinajstić information content (AvgIpc) is 2.90. The fourth-order valence-electron chi connectivity index (χ4n) is 2.86. The summed E-state index contributed by atoms with van der Waals surface area (Å²) < 4.78 is 8.88. The summed E-state index contributed by atoms with van der Waals surface area (Å²) >= 11 is 0. The van der Waals surface area contributed by atoms with Gasteiger partial charge in [0.05, 0.1) is 5.76 Å². The Morgan fingerprint density at radius 2 is 1.54 bits per heavy atom. The summed E-state index contributed by atoms with van der Waals surface area (Å²) in [5.74, 6) is 0.760. The molecule has 0 saturated carbocycles. The van der Waals surface area contributed by atoms with E-state index < -0.39 is 16.6 Å². The molecule has 0 aliphatic rings. The van der Waals surface area contributed by atoms with Crippen LogP contribution in [0.5, 0.6) is 0 Å². The van der Waals surface area contributed by atoms with Crippen molar-refractivity contribution in [2.45, 2.75) is 77.8 Å². The highest BCUT2D eigenvalue weighted by molar-refractivity contribution is 6.79. The van der Waals surface area contributed by atoms with Gasteiger partial charge in [-0.15, -0.1) is 0 Å². The zero-order valence-corrected chi connectivity index (χ0v) is 21.6. The van der Waals surface area contributed by atoms with E-state index in [2.05, 4.69) is 115 Å². The monoisotopic (exact) mass is 413 g/mol. The first kappa shape index (κ1) is 22.8. The summed E-state index contributed by atoms with van der Waals surface area (Å²) in [6.45, 7) is 27.4. The second kappa shape index (κ2) is 7.38. The Balaban J connectivity index is 2.42. The molecule has 0 unspecified atom stereocenters. The molecule has 0 aliphatic heterocycles. The fourth-order valence-corrected chi connectivity index (χ4v) is 5.87. The van der Waals surface area contributed by atoms with Gasteiger partial charge in [0.1, 0.15) is 0 Å². The summed E-state index contributed by atoms with van der Waals surface area (Å²) in [6, 6.07) is 8.72. The van der Waals surface area contributed by atoms with E-state index in [0.717, 1.165) is 5.76 Å². The van der Waals surface area contributed by atoms with Gasteiger partial charge in [0.25, 0.3) is 0 Å². The van der Waals surface area contributed by atoms with Gasteiger partial charge in [-0.3, -0.25) is 0 Å². The summed E-state index contributed by atoms with van der Waals surface area (Å²) in [6.07, 6.45) is 6.54. The van der Waals surface area contributed by atoms with Gasteiger partial charge in [-0.05, 0) is 47.0 Å². The van der Waals surface area contributed by atoms with Gasteiger partial charge in [-0.25, -0.2) is 0 Å². The molecule has 1 aromatic heterocycles. The molecule has 2 aromatic rings. The lowest BCUT2D eigenvalue weighted by Crippen LogP contribution is -2.44. The number of allylic oxidation sites excluding steroid dienone is 1. The summed E-state index contributed by atoms with van der Waals surface area (Å²) in [5, 5.41) is 1.73. The van der Waals surface area contributed by atoms with Crippen LogP contribution in [0.15, 0.2) is 48.9 Å². The Kier molecular flexibility index (Phi) is 6.00. The Morgan fingerprint density at radius 1 is 0.964 bits per heavy atom. The van der Waals surface area contributed by atoms with E-state index in [1.807, 2.05) is 6.08 Å². The SMILES string of the molecule is C=C(/C=C/c1cn([Si](C)(C)C(C)(C)C)c2ccccc12)O[Si](C)(C)C(C)(C)C. The number of fused-ring (bicyclic) bond motifs is 1. The molecule has 0 saturated heterocycles. The first-order valence-corrected chi connectivity index (χ1v) is 16.1. The first-order valence-electron chi connectivity index (χ1n) is 10.2. The summed E-state index contributed by atoms with van der Waals surface area (Å²) in [4.78, 5) is 0. The maximum Gasteiger partial charge on any atom is 0.250 e. The van der Waals surface area contributed by atoms with Gasteiger partial charge in [0, 0.05) is 17.1 Å². The second-order valence-electron chi connectivity index (χ2n) is 10.9. The highest BCUT2D eigenvalue weighted by Crippen LogP contribution is 2.40. The molecule has 0 amide bonds. The maximum atomic E-state index is 6.32. The van der Waals surface area contributed by atoms with Crippen molar-refractivity contribution < 1.29 is 4.43 Å². The van der Waals surface area contributed by atoms with Crippen LogP contribution in [-0.2, 0) is 4.43 Å². The third-order valence-corrected chi connectivity index (χ3v) is 16.5. The van der Waals surface area contributed by atoms with Crippen LogP contribution in [0.4, 0.5) is 0 Å². The van der Waals surface area contributed by atoms with Crippen LogP contribution < -0.4 is 0 Å². The predicted molar refractivity (Wildman–Crippen MR) is 131 cm³/mol.